The maximum Gasteiger partial charge on any atom is 0.224 e. The fourth-order valence-electron chi connectivity index (χ4n) is 1.74. The first-order valence-corrected chi connectivity index (χ1v) is 6.55. The van der Waals surface area contributed by atoms with E-state index >= 15 is 0 Å². The summed E-state index contributed by atoms with van der Waals surface area (Å²) >= 11 is 3.49. The zero-order valence-electron chi connectivity index (χ0n) is 11.1. The number of carbonyl (C=O) groups excluding carboxylic acids is 1. The zero-order chi connectivity index (χ0) is 13.2. The summed E-state index contributed by atoms with van der Waals surface area (Å²) in [6.45, 7) is 10.2. The van der Waals surface area contributed by atoms with E-state index in [0.717, 1.165) is 15.7 Å². The Kier molecular flexibility index (Phi) is 4.36. The van der Waals surface area contributed by atoms with Crippen molar-refractivity contribution in [2.75, 3.05) is 5.32 Å². The van der Waals surface area contributed by atoms with Crippen molar-refractivity contribution < 1.29 is 4.79 Å². The van der Waals surface area contributed by atoms with Crippen LogP contribution in [0, 0.1) is 19.3 Å². The van der Waals surface area contributed by atoms with E-state index in [1.54, 1.807) is 0 Å². The molecule has 0 saturated carbocycles. The molecule has 17 heavy (non-hydrogen) atoms. The van der Waals surface area contributed by atoms with Gasteiger partial charge in [-0.05, 0) is 52.4 Å². The molecule has 0 aliphatic heterocycles. The van der Waals surface area contributed by atoms with Gasteiger partial charge in [0.25, 0.3) is 0 Å². The minimum Gasteiger partial charge on any atom is -0.325 e. The summed E-state index contributed by atoms with van der Waals surface area (Å²) in [6, 6.07) is 4.08. The minimum absolute atomic E-state index is 0.00909. The SMILES string of the molecule is Cc1cc(C)c(NC(=O)CC(C)(C)C)c(Br)c1. The smallest absolute Gasteiger partial charge is 0.224 e. The van der Waals surface area contributed by atoms with Crippen molar-refractivity contribution in [3.05, 3.63) is 27.7 Å². The van der Waals surface area contributed by atoms with E-state index < -0.39 is 0 Å². The van der Waals surface area contributed by atoms with E-state index in [9.17, 15) is 4.79 Å². The predicted octanol–water partition coefficient (Wildman–Crippen LogP) is 4.44. The van der Waals surface area contributed by atoms with Crippen molar-refractivity contribution in [3.8, 4) is 0 Å². The van der Waals surface area contributed by atoms with Gasteiger partial charge in [-0.25, -0.2) is 0 Å². The quantitative estimate of drug-likeness (QED) is 0.859. The number of amides is 1. The van der Waals surface area contributed by atoms with Crippen LogP contribution in [0.3, 0.4) is 0 Å². The number of benzene rings is 1. The molecule has 0 spiro atoms. The van der Waals surface area contributed by atoms with Crippen molar-refractivity contribution in [2.24, 2.45) is 5.41 Å². The highest BCUT2D eigenvalue weighted by Crippen LogP contribution is 2.29. The molecule has 1 amide bonds. The third-order valence-electron chi connectivity index (χ3n) is 2.39. The molecular formula is C14H20BrNO. The lowest BCUT2D eigenvalue weighted by atomic mass is 9.92. The minimum atomic E-state index is 0.00909. The van der Waals surface area contributed by atoms with Gasteiger partial charge in [0.2, 0.25) is 5.91 Å². The van der Waals surface area contributed by atoms with Gasteiger partial charge < -0.3 is 5.32 Å². The lowest BCUT2D eigenvalue weighted by Gasteiger charge is -2.18. The number of nitrogens with one attached hydrogen (secondary N) is 1. The highest BCUT2D eigenvalue weighted by atomic mass is 79.9. The van der Waals surface area contributed by atoms with Crippen LogP contribution in [0.5, 0.6) is 0 Å². The van der Waals surface area contributed by atoms with Gasteiger partial charge in [0.1, 0.15) is 0 Å². The third kappa shape index (κ3) is 4.50. The predicted molar refractivity (Wildman–Crippen MR) is 76.3 cm³/mol. The number of anilines is 1. The van der Waals surface area contributed by atoms with Crippen molar-refractivity contribution in [1.82, 2.24) is 0 Å². The van der Waals surface area contributed by atoms with Crippen LogP contribution in [0.15, 0.2) is 16.6 Å². The van der Waals surface area contributed by atoms with Gasteiger partial charge in [-0.15, -0.1) is 0 Å². The fourth-order valence-corrected chi connectivity index (χ4v) is 2.51. The highest BCUT2D eigenvalue weighted by molar-refractivity contribution is 9.10. The first-order chi connectivity index (χ1) is 7.69. The number of carbonyl (C=O) groups is 1. The van der Waals surface area contributed by atoms with Crippen LogP contribution in [0.1, 0.15) is 38.3 Å². The molecule has 94 valence electrons. The van der Waals surface area contributed by atoms with Gasteiger partial charge in [-0.2, -0.15) is 0 Å². The molecule has 1 rings (SSSR count). The molecular weight excluding hydrogens is 278 g/mol. The second kappa shape index (κ2) is 5.21. The Bertz CT molecular complexity index is 409. The first kappa shape index (κ1) is 14.2. The zero-order valence-corrected chi connectivity index (χ0v) is 12.7. The third-order valence-corrected chi connectivity index (χ3v) is 3.01. The normalized spacial score (nSPS) is 11.4. The summed E-state index contributed by atoms with van der Waals surface area (Å²) in [5.74, 6) is 0.0603. The lowest BCUT2D eigenvalue weighted by molar-refractivity contribution is -0.117. The maximum atomic E-state index is 11.9. The van der Waals surface area contributed by atoms with Gasteiger partial charge in [0.05, 0.1) is 5.69 Å². The molecule has 1 aromatic carbocycles. The Morgan fingerprint density at radius 2 is 1.88 bits per heavy atom. The van der Waals surface area contributed by atoms with Crippen molar-refractivity contribution >= 4 is 27.5 Å². The van der Waals surface area contributed by atoms with Crippen molar-refractivity contribution in [3.63, 3.8) is 0 Å². The number of hydrogen-bond acceptors (Lipinski definition) is 1. The Morgan fingerprint density at radius 3 is 2.35 bits per heavy atom. The Balaban J connectivity index is 2.86. The topological polar surface area (TPSA) is 29.1 Å². The largest absolute Gasteiger partial charge is 0.325 e. The van der Waals surface area contributed by atoms with Crippen molar-refractivity contribution in [2.45, 2.75) is 41.0 Å². The summed E-state index contributed by atoms with van der Waals surface area (Å²) < 4.78 is 0.942. The van der Waals surface area contributed by atoms with Gasteiger partial charge in [-0.1, -0.05) is 26.8 Å². The Morgan fingerprint density at radius 1 is 1.29 bits per heavy atom. The van der Waals surface area contributed by atoms with Gasteiger partial charge in [-0.3, -0.25) is 4.79 Å². The van der Waals surface area contributed by atoms with E-state index in [0.29, 0.717) is 6.42 Å². The van der Waals surface area contributed by atoms with Crippen LogP contribution >= 0.6 is 15.9 Å². The molecule has 0 bridgehead atoms. The second-order valence-corrected chi connectivity index (χ2v) is 6.58. The molecule has 0 radical (unpaired) electrons. The summed E-state index contributed by atoms with van der Waals surface area (Å²) in [5.41, 5.74) is 3.15. The Hall–Kier alpha value is -0.830. The van der Waals surface area contributed by atoms with Crippen LogP contribution < -0.4 is 5.32 Å². The highest BCUT2D eigenvalue weighted by Gasteiger charge is 2.17. The van der Waals surface area contributed by atoms with Crippen LogP contribution in [0.4, 0.5) is 5.69 Å². The van der Waals surface area contributed by atoms with Crippen LogP contribution in [-0.2, 0) is 4.79 Å². The van der Waals surface area contributed by atoms with E-state index in [1.807, 2.05) is 19.9 Å². The fraction of sp³-hybridized carbons (Fsp3) is 0.500. The molecule has 0 aliphatic carbocycles. The van der Waals surface area contributed by atoms with Crippen molar-refractivity contribution in [1.29, 1.82) is 0 Å². The summed E-state index contributed by atoms with van der Waals surface area (Å²) in [6.07, 6.45) is 0.521. The van der Waals surface area contributed by atoms with E-state index in [1.165, 1.54) is 5.56 Å². The lowest BCUT2D eigenvalue weighted by Crippen LogP contribution is -2.20. The standard InChI is InChI=1S/C14H20BrNO/c1-9-6-10(2)13(11(15)7-9)16-12(17)8-14(3,4)5/h6-7H,8H2,1-5H3,(H,16,17). The molecule has 0 fully saturated rings. The second-order valence-electron chi connectivity index (χ2n) is 5.72. The molecule has 0 saturated heterocycles. The number of aryl methyl sites for hydroxylation is 2. The molecule has 1 N–H and O–H groups in total. The number of hydrogen-bond donors (Lipinski definition) is 1. The van der Waals surface area contributed by atoms with E-state index in [-0.39, 0.29) is 11.3 Å². The molecule has 0 aromatic heterocycles. The molecule has 0 heterocycles. The van der Waals surface area contributed by atoms with Gasteiger partial charge in [0.15, 0.2) is 0 Å². The monoisotopic (exact) mass is 297 g/mol. The average Bonchev–Trinajstić information content (AvgIpc) is 2.08. The molecule has 2 nitrogen and oxygen atoms in total. The molecule has 0 unspecified atom stereocenters. The van der Waals surface area contributed by atoms with E-state index in [2.05, 4.69) is 48.1 Å². The molecule has 0 aliphatic rings. The van der Waals surface area contributed by atoms with Crippen LogP contribution in [0.25, 0.3) is 0 Å². The van der Waals surface area contributed by atoms with Gasteiger partial charge >= 0.3 is 0 Å². The van der Waals surface area contributed by atoms with Gasteiger partial charge in [0, 0.05) is 10.9 Å². The number of halogens is 1. The summed E-state index contributed by atoms with van der Waals surface area (Å²) in [4.78, 5) is 11.9. The van der Waals surface area contributed by atoms with Crippen LogP contribution in [0.2, 0.25) is 0 Å². The number of rotatable bonds is 2. The van der Waals surface area contributed by atoms with E-state index in [4.69, 9.17) is 0 Å². The Labute approximate surface area is 112 Å². The summed E-state index contributed by atoms with van der Waals surface area (Å²) in [7, 11) is 0. The average molecular weight is 298 g/mol. The summed E-state index contributed by atoms with van der Waals surface area (Å²) in [5, 5.41) is 2.98. The molecule has 1 aromatic rings. The maximum absolute atomic E-state index is 11.9. The molecule has 0 atom stereocenters. The first-order valence-electron chi connectivity index (χ1n) is 5.75. The molecule has 3 heteroatoms. The van der Waals surface area contributed by atoms with Crippen LogP contribution in [-0.4, -0.2) is 5.91 Å².